The third-order valence-electron chi connectivity index (χ3n) is 4.66. The van der Waals surface area contributed by atoms with Gasteiger partial charge in [0.05, 0.1) is 12.3 Å². The molecule has 0 N–H and O–H groups in total. The van der Waals surface area contributed by atoms with E-state index in [2.05, 4.69) is 4.98 Å². The molecule has 2 fully saturated rings. The van der Waals surface area contributed by atoms with E-state index in [4.69, 9.17) is 16.3 Å². The van der Waals surface area contributed by atoms with Gasteiger partial charge in [-0.1, -0.05) is 17.7 Å². The monoisotopic (exact) mass is 345 g/mol. The maximum Gasteiger partial charge on any atom is 0.246 e. The first-order valence-corrected chi connectivity index (χ1v) is 8.79. The van der Waals surface area contributed by atoms with Gasteiger partial charge in [0.2, 0.25) is 5.91 Å². The summed E-state index contributed by atoms with van der Waals surface area (Å²) in [6.45, 7) is 2.36. The van der Waals surface area contributed by atoms with Gasteiger partial charge in [-0.15, -0.1) is 0 Å². The van der Waals surface area contributed by atoms with E-state index >= 15 is 0 Å². The summed E-state index contributed by atoms with van der Waals surface area (Å²) in [7, 11) is 0. The SMILES string of the molecule is O=C(/C=C\c1c(Cl)nc2ccccn12)N(C[C@H]1CCOC1)C1CC1. The number of hydrogen-bond donors (Lipinski definition) is 0. The molecule has 2 aromatic rings. The van der Waals surface area contributed by atoms with Crippen molar-refractivity contribution in [2.75, 3.05) is 19.8 Å². The number of carbonyl (C=O) groups is 1. The third kappa shape index (κ3) is 3.19. The molecule has 0 spiro atoms. The Morgan fingerprint density at radius 3 is 3.04 bits per heavy atom. The lowest BCUT2D eigenvalue weighted by Gasteiger charge is -2.23. The molecule has 5 nitrogen and oxygen atoms in total. The lowest BCUT2D eigenvalue weighted by molar-refractivity contribution is -0.127. The normalized spacial score (nSPS) is 21.0. The van der Waals surface area contributed by atoms with Crippen LogP contribution in [0.5, 0.6) is 0 Å². The number of fused-ring (bicyclic) bond motifs is 1. The average molecular weight is 346 g/mol. The van der Waals surface area contributed by atoms with Crippen LogP contribution in [0.1, 0.15) is 25.0 Å². The molecule has 1 amide bonds. The lowest BCUT2D eigenvalue weighted by atomic mass is 10.1. The van der Waals surface area contributed by atoms with Crippen molar-refractivity contribution in [1.82, 2.24) is 14.3 Å². The smallest absolute Gasteiger partial charge is 0.246 e. The van der Waals surface area contributed by atoms with E-state index < -0.39 is 0 Å². The summed E-state index contributed by atoms with van der Waals surface area (Å²) in [5.41, 5.74) is 1.51. The zero-order valence-corrected chi connectivity index (χ0v) is 14.2. The quantitative estimate of drug-likeness (QED) is 0.782. The maximum absolute atomic E-state index is 12.7. The number of carbonyl (C=O) groups excluding carboxylic acids is 1. The Hall–Kier alpha value is -1.85. The number of amides is 1. The number of rotatable bonds is 5. The molecule has 4 rings (SSSR count). The highest BCUT2D eigenvalue weighted by atomic mass is 35.5. The molecule has 0 aromatic carbocycles. The third-order valence-corrected chi connectivity index (χ3v) is 4.93. The van der Waals surface area contributed by atoms with Gasteiger partial charge >= 0.3 is 0 Å². The zero-order chi connectivity index (χ0) is 16.5. The van der Waals surface area contributed by atoms with Gasteiger partial charge in [-0.3, -0.25) is 9.20 Å². The summed E-state index contributed by atoms with van der Waals surface area (Å²) in [5.74, 6) is 0.508. The standard InChI is InChI=1S/C18H20ClN3O2/c19-18-15(21-9-2-1-3-16(21)20-18)6-7-17(23)22(14-4-5-14)11-13-8-10-24-12-13/h1-3,6-7,9,13-14H,4-5,8,10-12H2/b7-6-/t13-/m1/s1. The molecular formula is C18H20ClN3O2. The topological polar surface area (TPSA) is 46.8 Å². The Morgan fingerprint density at radius 2 is 2.29 bits per heavy atom. The molecule has 1 saturated heterocycles. The fourth-order valence-corrected chi connectivity index (χ4v) is 3.43. The molecule has 2 aromatic heterocycles. The van der Waals surface area contributed by atoms with Gasteiger partial charge < -0.3 is 9.64 Å². The fourth-order valence-electron chi connectivity index (χ4n) is 3.19. The van der Waals surface area contributed by atoms with Gasteiger partial charge in [0, 0.05) is 37.4 Å². The molecule has 1 saturated carbocycles. The van der Waals surface area contributed by atoms with Gasteiger partial charge in [0.15, 0.2) is 5.15 Å². The molecule has 24 heavy (non-hydrogen) atoms. The van der Waals surface area contributed by atoms with E-state index in [1.807, 2.05) is 33.7 Å². The minimum absolute atomic E-state index is 0.0475. The molecule has 0 radical (unpaired) electrons. The van der Waals surface area contributed by atoms with Crippen LogP contribution in [-0.4, -0.2) is 46.0 Å². The van der Waals surface area contributed by atoms with Crippen LogP contribution >= 0.6 is 11.6 Å². The second-order valence-corrected chi connectivity index (χ2v) is 6.86. The van der Waals surface area contributed by atoms with Crippen LogP contribution in [0.25, 0.3) is 11.7 Å². The van der Waals surface area contributed by atoms with Gasteiger partial charge in [-0.25, -0.2) is 4.98 Å². The first-order valence-electron chi connectivity index (χ1n) is 8.41. The van der Waals surface area contributed by atoms with Gasteiger partial charge in [0.1, 0.15) is 5.65 Å². The molecule has 1 atom stereocenters. The Balaban J connectivity index is 1.52. The summed E-state index contributed by atoms with van der Waals surface area (Å²) < 4.78 is 7.32. The predicted octanol–water partition coefficient (Wildman–Crippen LogP) is 3.03. The number of imidazole rings is 1. The van der Waals surface area contributed by atoms with E-state index in [-0.39, 0.29) is 5.91 Å². The van der Waals surface area contributed by atoms with Crippen molar-refractivity contribution in [2.24, 2.45) is 5.92 Å². The van der Waals surface area contributed by atoms with Crippen LogP contribution < -0.4 is 0 Å². The second-order valence-electron chi connectivity index (χ2n) is 6.50. The van der Waals surface area contributed by atoms with E-state index in [9.17, 15) is 4.79 Å². The van der Waals surface area contributed by atoms with Crippen LogP contribution in [0.15, 0.2) is 30.5 Å². The van der Waals surface area contributed by atoms with Crippen LogP contribution in [0.3, 0.4) is 0 Å². The van der Waals surface area contributed by atoms with Crippen molar-refractivity contribution in [2.45, 2.75) is 25.3 Å². The van der Waals surface area contributed by atoms with Crippen molar-refractivity contribution >= 4 is 29.2 Å². The predicted molar refractivity (Wildman–Crippen MR) is 92.9 cm³/mol. The summed E-state index contributed by atoms with van der Waals surface area (Å²) in [6, 6.07) is 6.11. The summed E-state index contributed by atoms with van der Waals surface area (Å²) in [6.07, 6.45) is 8.53. The Bertz CT molecular complexity index is 776. The largest absolute Gasteiger partial charge is 0.381 e. The molecule has 126 valence electrons. The van der Waals surface area contributed by atoms with Gasteiger partial charge in [-0.2, -0.15) is 0 Å². The summed E-state index contributed by atoms with van der Waals surface area (Å²) >= 11 is 6.22. The lowest BCUT2D eigenvalue weighted by Crippen LogP contribution is -2.36. The minimum Gasteiger partial charge on any atom is -0.381 e. The van der Waals surface area contributed by atoms with Crippen molar-refractivity contribution < 1.29 is 9.53 Å². The van der Waals surface area contributed by atoms with Gasteiger partial charge in [0.25, 0.3) is 0 Å². The van der Waals surface area contributed by atoms with Crippen LogP contribution in [0.4, 0.5) is 0 Å². The number of ether oxygens (including phenoxy) is 1. The van der Waals surface area contributed by atoms with Crippen LogP contribution in [-0.2, 0) is 9.53 Å². The first kappa shape index (κ1) is 15.7. The Labute approximate surface area is 145 Å². The molecule has 0 bridgehead atoms. The van der Waals surface area contributed by atoms with E-state index in [0.717, 1.165) is 50.4 Å². The molecular weight excluding hydrogens is 326 g/mol. The summed E-state index contributed by atoms with van der Waals surface area (Å²) in [4.78, 5) is 19.0. The summed E-state index contributed by atoms with van der Waals surface area (Å²) in [5, 5.41) is 0.410. The first-order chi connectivity index (χ1) is 11.7. The van der Waals surface area contributed by atoms with E-state index in [0.29, 0.717) is 17.1 Å². The zero-order valence-electron chi connectivity index (χ0n) is 13.4. The van der Waals surface area contributed by atoms with Crippen LogP contribution in [0.2, 0.25) is 5.15 Å². The van der Waals surface area contributed by atoms with Gasteiger partial charge in [-0.05, 0) is 37.5 Å². The highest BCUT2D eigenvalue weighted by molar-refractivity contribution is 6.31. The Morgan fingerprint density at radius 1 is 1.42 bits per heavy atom. The van der Waals surface area contributed by atoms with E-state index in [1.165, 1.54) is 0 Å². The average Bonchev–Trinajstić information content (AvgIpc) is 3.19. The number of nitrogens with zero attached hydrogens (tertiary/aromatic N) is 3. The van der Waals surface area contributed by atoms with Crippen molar-refractivity contribution in [3.05, 3.63) is 41.3 Å². The second kappa shape index (κ2) is 6.57. The molecule has 1 aliphatic heterocycles. The molecule has 0 unspecified atom stereocenters. The van der Waals surface area contributed by atoms with Crippen LogP contribution in [0, 0.1) is 5.92 Å². The number of hydrogen-bond acceptors (Lipinski definition) is 3. The molecule has 3 heterocycles. The maximum atomic E-state index is 12.7. The highest BCUT2D eigenvalue weighted by Crippen LogP contribution is 2.29. The van der Waals surface area contributed by atoms with Crippen molar-refractivity contribution in [3.8, 4) is 0 Å². The Kier molecular flexibility index (Phi) is 4.29. The van der Waals surface area contributed by atoms with Crippen molar-refractivity contribution in [3.63, 3.8) is 0 Å². The molecule has 1 aliphatic carbocycles. The highest BCUT2D eigenvalue weighted by Gasteiger charge is 2.33. The number of pyridine rings is 1. The fraction of sp³-hybridized carbons (Fsp3) is 0.444. The number of aromatic nitrogens is 2. The molecule has 6 heteroatoms. The minimum atomic E-state index is 0.0475. The molecule has 2 aliphatic rings. The van der Waals surface area contributed by atoms with E-state index in [1.54, 1.807) is 12.2 Å². The number of halogens is 1. The van der Waals surface area contributed by atoms with Crippen molar-refractivity contribution in [1.29, 1.82) is 0 Å².